The first kappa shape index (κ1) is 17.8. The number of carbonyl (C=O) groups is 2. The van der Waals surface area contributed by atoms with Gasteiger partial charge in [0.25, 0.3) is 5.91 Å². The fourth-order valence-corrected chi connectivity index (χ4v) is 3.12. The second-order valence-electron chi connectivity index (χ2n) is 7.58. The predicted molar refractivity (Wildman–Crippen MR) is 89.9 cm³/mol. The Hall–Kier alpha value is -2.06. The zero-order chi connectivity index (χ0) is 18.1. The summed E-state index contributed by atoms with van der Waals surface area (Å²) in [5.41, 5.74) is -0.613. The molecule has 2 aliphatic rings. The quantitative estimate of drug-likeness (QED) is 0.734. The number of rotatable bonds is 1. The van der Waals surface area contributed by atoms with Gasteiger partial charge in [0, 0.05) is 12.0 Å². The Balaban J connectivity index is 1.84. The molecule has 3 rings (SSSR count). The van der Waals surface area contributed by atoms with Gasteiger partial charge in [0.2, 0.25) is 5.91 Å². The molecule has 0 bridgehead atoms. The number of anilines is 1. The average Bonchev–Trinajstić information content (AvgIpc) is 2.79. The maximum atomic E-state index is 12.7. The van der Waals surface area contributed by atoms with Crippen LogP contribution in [0.1, 0.15) is 20.8 Å². The highest BCUT2D eigenvalue weighted by Crippen LogP contribution is 2.28. The molecule has 0 N–H and O–H groups in total. The van der Waals surface area contributed by atoms with Gasteiger partial charge in [-0.1, -0.05) is 20.8 Å². The molecule has 1 aromatic rings. The number of hydrogen-bond acceptors (Lipinski definition) is 6. The molecule has 8 nitrogen and oxygen atoms in total. The van der Waals surface area contributed by atoms with Crippen LogP contribution >= 0.6 is 0 Å². The number of carbonyl (C=O) groups excluding carboxylic acids is 2. The standard InChI is InChI=1S/C17H24N4O4/c1-16(2,3)15(23)20-4-5-24-11-17(9-20)10-21(14(22)8-25-17)13-6-18-12-19-7-13/h6-7,12H,4-5,8-11H2,1-3H3/t17-/m0/s1. The monoisotopic (exact) mass is 348 g/mol. The number of ether oxygens (including phenoxy) is 2. The minimum atomic E-state index is -0.749. The first-order valence-electron chi connectivity index (χ1n) is 8.37. The van der Waals surface area contributed by atoms with Crippen LogP contribution in [0.4, 0.5) is 5.69 Å². The van der Waals surface area contributed by atoms with Crippen LogP contribution < -0.4 is 4.90 Å². The van der Waals surface area contributed by atoms with Crippen molar-refractivity contribution in [3.8, 4) is 0 Å². The van der Waals surface area contributed by atoms with Crippen LogP contribution in [0.3, 0.4) is 0 Å². The molecule has 2 aliphatic heterocycles. The summed E-state index contributed by atoms with van der Waals surface area (Å²) in [5.74, 6) is -0.106. The van der Waals surface area contributed by atoms with E-state index >= 15 is 0 Å². The zero-order valence-corrected chi connectivity index (χ0v) is 14.9. The second-order valence-corrected chi connectivity index (χ2v) is 7.58. The van der Waals surface area contributed by atoms with E-state index in [0.29, 0.717) is 38.5 Å². The molecule has 0 saturated carbocycles. The van der Waals surface area contributed by atoms with Gasteiger partial charge in [-0.2, -0.15) is 0 Å². The molecule has 0 aromatic carbocycles. The fourth-order valence-electron chi connectivity index (χ4n) is 3.12. The van der Waals surface area contributed by atoms with Gasteiger partial charge in [-0.25, -0.2) is 9.97 Å². The Morgan fingerprint density at radius 1 is 1.24 bits per heavy atom. The third-order valence-electron chi connectivity index (χ3n) is 4.39. The van der Waals surface area contributed by atoms with Gasteiger partial charge in [-0.3, -0.25) is 9.59 Å². The Bertz CT molecular complexity index is 646. The molecule has 2 saturated heterocycles. The van der Waals surface area contributed by atoms with Crippen LogP contribution in [-0.4, -0.2) is 71.7 Å². The Morgan fingerprint density at radius 2 is 1.96 bits per heavy atom. The number of morpholine rings is 1. The first-order chi connectivity index (χ1) is 11.8. The number of hydrogen-bond donors (Lipinski definition) is 0. The summed E-state index contributed by atoms with van der Waals surface area (Å²) in [6, 6.07) is 0. The van der Waals surface area contributed by atoms with Crippen molar-refractivity contribution in [2.24, 2.45) is 5.41 Å². The van der Waals surface area contributed by atoms with E-state index < -0.39 is 11.0 Å². The summed E-state index contributed by atoms with van der Waals surface area (Å²) in [6.45, 7) is 7.62. The lowest BCUT2D eigenvalue weighted by Crippen LogP contribution is -2.61. The molecule has 0 unspecified atom stereocenters. The number of nitrogens with zero attached hydrogens (tertiary/aromatic N) is 4. The van der Waals surface area contributed by atoms with Gasteiger partial charge in [-0.05, 0) is 0 Å². The van der Waals surface area contributed by atoms with Crippen LogP contribution in [0.5, 0.6) is 0 Å². The van der Waals surface area contributed by atoms with E-state index in [-0.39, 0.29) is 18.4 Å². The second kappa shape index (κ2) is 6.68. The highest BCUT2D eigenvalue weighted by molar-refractivity contribution is 5.95. The zero-order valence-electron chi connectivity index (χ0n) is 14.9. The average molecular weight is 348 g/mol. The van der Waals surface area contributed by atoms with Gasteiger partial charge >= 0.3 is 0 Å². The lowest BCUT2D eigenvalue weighted by molar-refractivity contribution is -0.152. The lowest BCUT2D eigenvalue weighted by Gasteiger charge is -2.43. The molecular formula is C17H24N4O4. The first-order valence-corrected chi connectivity index (χ1v) is 8.37. The summed E-state index contributed by atoms with van der Waals surface area (Å²) in [5, 5.41) is 0. The van der Waals surface area contributed by atoms with Crippen LogP contribution in [0.25, 0.3) is 0 Å². The van der Waals surface area contributed by atoms with Gasteiger partial charge < -0.3 is 19.3 Å². The van der Waals surface area contributed by atoms with Crippen LogP contribution in [0, 0.1) is 5.41 Å². The molecule has 136 valence electrons. The molecule has 3 heterocycles. The summed E-state index contributed by atoms with van der Waals surface area (Å²) in [7, 11) is 0. The van der Waals surface area contributed by atoms with E-state index in [2.05, 4.69) is 9.97 Å². The molecule has 1 aromatic heterocycles. The van der Waals surface area contributed by atoms with E-state index in [1.54, 1.807) is 22.2 Å². The van der Waals surface area contributed by atoms with E-state index in [0.717, 1.165) is 0 Å². The summed E-state index contributed by atoms with van der Waals surface area (Å²) >= 11 is 0. The molecule has 25 heavy (non-hydrogen) atoms. The smallest absolute Gasteiger partial charge is 0.253 e. The minimum Gasteiger partial charge on any atom is -0.376 e. The van der Waals surface area contributed by atoms with Crippen molar-refractivity contribution in [1.29, 1.82) is 0 Å². The highest BCUT2D eigenvalue weighted by Gasteiger charge is 2.45. The van der Waals surface area contributed by atoms with Gasteiger partial charge in [0.1, 0.15) is 18.5 Å². The molecule has 0 aliphatic carbocycles. The Morgan fingerprint density at radius 3 is 2.64 bits per heavy atom. The van der Waals surface area contributed by atoms with Gasteiger partial charge in [-0.15, -0.1) is 0 Å². The summed E-state index contributed by atoms with van der Waals surface area (Å²) in [4.78, 5) is 36.4. The molecule has 2 fully saturated rings. The normalized spacial score (nSPS) is 25.2. The Labute approximate surface area is 147 Å². The maximum Gasteiger partial charge on any atom is 0.253 e. The van der Waals surface area contributed by atoms with Gasteiger partial charge in [0.05, 0.1) is 44.4 Å². The maximum absolute atomic E-state index is 12.7. The third-order valence-corrected chi connectivity index (χ3v) is 4.39. The van der Waals surface area contributed by atoms with E-state index in [1.165, 1.54) is 6.33 Å². The highest BCUT2D eigenvalue weighted by atomic mass is 16.6. The van der Waals surface area contributed by atoms with E-state index in [1.807, 2.05) is 20.8 Å². The predicted octanol–water partition coefficient (Wildman–Crippen LogP) is 0.484. The lowest BCUT2D eigenvalue weighted by atomic mass is 9.93. The van der Waals surface area contributed by atoms with Crippen molar-refractivity contribution in [2.75, 3.05) is 44.4 Å². The van der Waals surface area contributed by atoms with Crippen molar-refractivity contribution in [3.05, 3.63) is 18.7 Å². The van der Waals surface area contributed by atoms with Crippen molar-refractivity contribution < 1.29 is 19.1 Å². The number of aromatic nitrogens is 2. The SMILES string of the molecule is CC(C)(C)C(=O)N1CCOC[C@]2(C1)CN(c1cncnc1)C(=O)CO2. The number of amides is 2. The summed E-state index contributed by atoms with van der Waals surface area (Å²) in [6.07, 6.45) is 4.61. The van der Waals surface area contributed by atoms with E-state index in [9.17, 15) is 9.59 Å². The summed E-state index contributed by atoms with van der Waals surface area (Å²) < 4.78 is 11.6. The van der Waals surface area contributed by atoms with Crippen molar-refractivity contribution in [1.82, 2.24) is 14.9 Å². The van der Waals surface area contributed by atoms with Crippen LogP contribution in [0.2, 0.25) is 0 Å². The van der Waals surface area contributed by atoms with Gasteiger partial charge in [0.15, 0.2) is 0 Å². The van der Waals surface area contributed by atoms with Crippen molar-refractivity contribution >= 4 is 17.5 Å². The van der Waals surface area contributed by atoms with Crippen molar-refractivity contribution in [2.45, 2.75) is 26.4 Å². The molecular weight excluding hydrogens is 324 g/mol. The largest absolute Gasteiger partial charge is 0.376 e. The molecule has 8 heteroatoms. The molecule has 1 atom stereocenters. The van der Waals surface area contributed by atoms with Crippen LogP contribution in [0.15, 0.2) is 18.7 Å². The minimum absolute atomic E-state index is 0.0486. The molecule has 2 amide bonds. The molecule has 0 radical (unpaired) electrons. The van der Waals surface area contributed by atoms with E-state index in [4.69, 9.17) is 9.47 Å². The fraction of sp³-hybridized carbons (Fsp3) is 0.647. The Kier molecular flexibility index (Phi) is 4.75. The topological polar surface area (TPSA) is 84.9 Å². The molecule has 1 spiro atoms. The van der Waals surface area contributed by atoms with Crippen LogP contribution in [-0.2, 0) is 19.1 Å². The third kappa shape index (κ3) is 3.80. The van der Waals surface area contributed by atoms with Crippen molar-refractivity contribution in [3.63, 3.8) is 0 Å².